The van der Waals surface area contributed by atoms with Gasteiger partial charge in [0.25, 0.3) is 0 Å². The summed E-state index contributed by atoms with van der Waals surface area (Å²) in [6, 6.07) is -4.50. The van der Waals surface area contributed by atoms with Gasteiger partial charge in [-0.15, -0.1) is 0 Å². The molecule has 3 heterocycles. The van der Waals surface area contributed by atoms with E-state index in [2.05, 4.69) is 5.32 Å². The Morgan fingerprint density at radius 2 is 1.27 bits per heavy atom. The number of nitrogens with two attached hydrogens (primary N) is 2. The van der Waals surface area contributed by atoms with E-state index >= 15 is 0 Å². The first-order valence-corrected chi connectivity index (χ1v) is 12.8. The highest BCUT2D eigenvalue weighted by Gasteiger charge is 2.53. The molecule has 19 nitrogen and oxygen atoms in total. The van der Waals surface area contributed by atoms with Gasteiger partial charge in [-0.25, -0.2) is 0 Å². The maximum absolute atomic E-state index is 12.7. The number of carbonyl (C=O) groups is 2. The first kappa shape index (κ1) is 33.8. The first-order chi connectivity index (χ1) is 19.3. The van der Waals surface area contributed by atoms with Gasteiger partial charge in [0.2, 0.25) is 5.91 Å². The highest BCUT2D eigenvalue weighted by atomic mass is 16.7. The summed E-state index contributed by atoms with van der Waals surface area (Å²) < 4.78 is 27.7. The third-order valence-electron chi connectivity index (χ3n) is 7.36. The molecule has 1 amide bonds. The van der Waals surface area contributed by atoms with E-state index in [9.17, 15) is 55.5 Å². The summed E-state index contributed by atoms with van der Waals surface area (Å²) in [5, 5.41) is 92.8. The van der Waals surface area contributed by atoms with Crippen molar-refractivity contribution < 1.29 is 79.2 Å². The summed E-state index contributed by atoms with van der Waals surface area (Å²) in [5.74, 6) is -4.23. The largest absolute Gasteiger partial charge is 0.481 e. The van der Waals surface area contributed by atoms with Gasteiger partial charge in [0.1, 0.15) is 66.9 Å². The molecule has 0 aliphatic carbocycles. The summed E-state index contributed by atoms with van der Waals surface area (Å²) in [6.45, 7) is -1.31. The molecule has 3 saturated heterocycles. The zero-order chi connectivity index (χ0) is 30.8. The van der Waals surface area contributed by atoms with E-state index < -0.39 is 130 Å². The summed E-state index contributed by atoms with van der Waals surface area (Å²) in [5.41, 5.74) is 11.6. The van der Waals surface area contributed by atoms with Gasteiger partial charge in [0.15, 0.2) is 18.9 Å². The topological polar surface area (TPSA) is 326 Å². The van der Waals surface area contributed by atoms with Gasteiger partial charge in [-0.3, -0.25) is 9.59 Å². The molecule has 0 radical (unpaired) electrons. The van der Waals surface area contributed by atoms with Crippen LogP contribution in [-0.2, 0) is 33.3 Å². The minimum absolute atomic E-state index is 0.742. The molecule has 238 valence electrons. The Bertz CT molecular complexity index is 884. The third kappa shape index (κ3) is 7.12. The Morgan fingerprint density at radius 3 is 1.83 bits per heavy atom. The lowest BCUT2D eigenvalue weighted by atomic mass is 9.93. The first-order valence-electron chi connectivity index (χ1n) is 12.8. The summed E-state index contributed by atoms with van der Waals surface area (Å²) in [6.07, 6.45) is -19.1. The fraction of sp³-hybridized carbons (Fsp3) is 0.909. The normalized spacial score (nSPS) is 46.1. The lowest BCUT2D eigenvalue weighted by Gasteiger charge is -2.49. The quantitative estimate of drug-likeness (QED) is 0.103. The minimum atomic E-state index is -1.88. The predicted octanol–water partition coefficient (Wildman–Crippen LogP) is -7.80. The number of hydrogen-bond donors (Lipinski definition) is 12. The molecule has 14 N–H and O–H groups in total. The van der Waals surface area contributed by atoms with Crippen molar-refractivity contribution in [2.45, 2.75) is 98.9 Å². The van der Waals surface area contributed by atoms with Crippen molar-refractivity contribution in [2.75, 3.05) is 19.8 Å². The summed E-state index contributed by atoms with van der Waals surface area (Å²) >= 11 is 0. The van der Waals surface area contributed by atoms with Crippen LogP contribution >= 0.6 is 0 Å². The molecule has 3 unspecified atom stereocenters. The highest BCUT2D eigenvalue weighted by molar-refractivity contribution is 5.96. The van der Waals surface area contributed by atoms with E-state index in [1.165, 1.54) is 0 Å². The van der Waals surface area contributed by atoms with Crippen molar-refractivity contribution >= 4 is 11.9 Å². The third-order valence-corrected chi connectivity index (χ3v) is 7.36. The van der Waals surface area contributed by atoms with Crippen LogP contribution in [0.2, 0.25) is 0 Å². The van der Waals surface area contributed by atoms with Crippen LogP contribution in [0.15, 0.2) is 0 Å². The fourth-order valence-corrected chi connectivity index (χ4v) is 4.71. The van der Waals surface area contributed by atoms with Crippen molar-refractivity contribution in [1.82, 2.24) is 5.32 Å². The van der Waals surface area contributed by atoms with E-state index in [0.29, 0.717) is 0 Å². The van der Waals surface area contributed by atoms with E-state index in [1.807, 2.05) is 0 Å². The molecule has 3 rings (SSSR count). The standard InChI is InChI=1S/C22H39N3O16/c1-5(19(34)35)18(33)25-11-15(32)17(40-21-10(24)13(30)12(29)6(2-26)38-21)8(4-28)39-22(11)41-16-7(3-27)37-20(36)9(23)14(16)31/h5-17,20-22,26-32,36H,2-4,23-24H2,1H3,(H,25,33)(H,34,35)/t5?,6-,7-,8-,9-,10-,11-,12-,13-,14-,15-,16?,17?,20-,21+,22+/m1/s1. The lowest BCUT2D eigenvalue weighted by molar-refractivity contribution is -0.350. The summed E-state index contributed by atoms with van der Waals surface area (Å²) in [4.78, 5) is 24.1. The van der Waals surface area contributed by atoms with E-state index in [-0.39, 0.29) is 0 Å². The number of aliphatic hydroxyl groups is 8. The number of carboxylic acid groups (broad SMARTS) is 1. The number of aliphatic carboxylic acids is 1. The van der Waals surface area contributed by atoms with Crippen molar-refractivity contribution in [3.05, 3.63) is 0 Å². The van der Waals surface area contributed by atoms with Crippen LogP contribution in [0, 0.1) is 5.92 Å². The number of carbonyl (C=O) groups excluding carboxylic acids is 1. The molecule has 3 aliphatic rings. The fourth-order valence-electron chi connectivity index (χ4n) is 4.71. The zero-order valence-electron chi connectivity index (χ0n) is 21.9. The van der Waals surface area contributed by atoms with Gasteiger partial charge in [-0.1, -0.05) is 0 Å². The van der Waals surface area contributed by atoms with Crippen molar-refractivity contribution in [3.63, 3.8) is 0 Å². The predicted molar refractivity (Wildman–Crippen MR) is 128 cm³/mol. The number of amides is 1. The van der Waals surface area contributed by atoms with Crippen molar-refractivity contribution in [2.24, 2.45) is 17.4 Å². The van der Waals surface area contributed by atoms with E-state index in [4.69, 9.17) is 35.2 Å². The molecule has 0 saturated carbocycles. The lowest BCUT2D eigenvalue weighted by Crippen LogP contribution is -2.70. The Hall–Kier alpha value is -1.66. The Morgan fingerprint density at radius 1 is 0.756 bits per heavy atom. The van der Waals surface area contributed by atoms with Crippen LogP contribution in [0.1, 0.15) is 6.92 Å². The second-order valence-electron chi connectivity index (χ2n) is 10.1. The Kier molecular flexibility index (Phi) is 11.7. The van der Waals surface area contributed by atoms with Gasteiger partial charge >= 0.3 is 5.97 Å². The van der Waals surface area contributed by atoms with Crippen LogP contribution in [0.25, 0.3) is 0 Å². The van der Waals surface area contributed by atoms with Crippen molar-refractivity contribution in [3.8, 4) is 0 Å². The molecular weight excluding hydrogens is 562 g/mol. The molecular formula is C22H39N3O16. The molecule has 0 aromatic carbocycles. The Labute approximate surface area is 233 Å². The van der Waals surface area contributed by atoms with Crippen molar-refractivity contribution in [1.29, 1.82) is 0 Å². The number of aliphatic hydroxyl groups excluding tert-OH is 8. The average molecular weight is 602 g/mol. The minimum Gasteiger partial charge on any atom is -0.481 e. The molecule has 0 spiro atoms. The van der Waals surface area contributed by atoms with Gasteiger partial charge in [-0.2, -0.15) is 0 Å². The second-order valence-corrected chi connectivity index (χ2v) is 10.1. The SMILES string of the molecule is CC(C(=O)O)C(=O)N[C@H]1[C@H](OC2[C@@H](CO)O[C@@H](O)[C@H](N)[C@H]2O)O[C@H](CO)C(O[C@@H]2O[C@H](CO)[C@@H](O)[C@H](O)[C@H]2N)[C@@H]1O. The highest BCUT2D eigenvalue weighted by Crippen LogP contribution is 2.32. The monoisotopic (exact) mass is 601 g/mol. The zero-order valence-corrected chi connectivity index (χ0v) is 21.9. The van der Waals surface area contributed by atoms with Gasteiger partial charge in [0.05, 0.1) is 31.9 Å². The maximum atomic E-state index is 12.7. The van der Waals surface area contributed by atoms with Crippen LogP contribution in [-0.4, -0.2) is 170 Å². The molecule has 41 heavy (non-hydrogen) atoms. The molecule has 3 fully saturated rings. The average Bonchev–Trinajstić information content (AvgIpc) is 2.95. The van der Waals surface area contributed by atoms with Crippen LogP contribution in [0.4, 0.5) is 0 Å². The van der Waals surface area contributed by atoms with Crippen LogP contribution in [0.3, 0.4) is 0 Å². The molecule has 0 aromatic rings. The number of hydrogen-bond acceptors (Lipinski definition) is 17. The van der Waals surface area contributed by atoms with Crippen LogP contribution < -0.4 is 16.8 Å². The number of carboxylic acids is 1. The molecule has 16 atom stereocenters. The number of ether oxygens (including phenoxy) is 5. The van der Waals surface area contributed by atoms with E-state index in [1.54, 1.807) is 0 Å². The molecule has 19 heteroatoms. The molecule has 3 aliphatic heterocycles. The Balaban J connectivity index is 1.91. The van der Waals surface area contributed by atoms with Gasteiger partial charge in [-0.05, 0) is 6.92 Å². The number of rotatable bonds is 10. The maximum Gasteiger partial charge on any atom is 0.315 e. The van der Waals surface area contributed by atoms with Crippen LogP contribution in [0.5, 0.6) is 0 Å². The van der Waals surface area contributed by atoms with Gasteiger partial charge < -0.3 is 86.4 Å². The van der Waals surface area contributed by atoms with E-state index in [0.717, 1.165) is 6.92 Å². The molecule has 0 bridgehead atoms. The smallest absolute Gasteiger partial charge is 0.315 e. The number of nitrogens with one attached hydrogen (secondary N) is 1. The summed E-state index contributed by atoms with van der Waals surface area (Å²) in [7, 11) is 0. The van der Waals surface area contributed by atoms with Gasteiger partial charge in [0, 0.05) is 0 Å². The second kappa shape index (κ2) is 14.2. The molecule has 0 aromatic heterocycles.